The van der Waals surface area contributed by atoms with Crippen molar-refractivity contribution in [3.8, 4) is 0 Å². The van der Waals surface area contributed by atoms with Crippen LogP contribution in [-0.2, 0) is 0 Å². The van der Waals surface area contributed by atoms with Gasteiger partial charge in [-0.2, -0.15) is 5.10 Å². The number of rotatable bonds is 2. The Balaban J connectivity index is 1.93. The van der Waals surface area contributed by atoms with Crippen LogP contribution in [0.4, 0.5) is 5.69 Å². The zero-order valence-electron chi connectivity index (χ0n) is 11.3. The molecule has 0 saturated carbocycles. The number of carbonyl (C=O) groups excluding carboxylic acids is 1. The zero-order chi connectivity index (χ0) is 14.1. The van der Waals surface area contributed by atoms with Crippen LogP contribution in [0.1, 0.15) is 21.6 Å². The Kier molecular flexibility index (Phi) is 2.95. The minimum Gasteiger partial charge on any atom is -0.320 e. The number of amides is 1. The number of nitrogens with zero attached hydrogens (tertiary/aromatic N) is 3. The molecule has 3 aromatic rings. The molecule has 20 heavy (non-hydrogen) atoms. The number of benzene rings is 1. The molecule has 0 unspecified atom stereocenters. The van der Waals surface area contributed by atoms with Crippen LogP contribution in [0.5, 0.6) is 0 Å². The molecular weight excluding hydrogens is 252 g/mol. The summed E-state index contributed by atoms with van der Waals surface area (Å²) < 4.78 is 1.58. The average Bonchev–Trinajstić information content (AvgIpc) is 2.87. The summed E-state index contributed by atoms with van der Waals surface area (Å²) in [4.78, 5) is 16.4. The molecular formula is C15H14N4O. The van der Waals surface area contributed by atoms with E-state index >= 15 is 0 Å². The normalized spacial score (nSPS) is 10.7. The van der Waals surface area contributed by atoms with Gasteiger partial charge in [0.15, 0.2) is 11.3 Å². The van der Waals surface area contributed by atoms with Crippen LogP contribution in [0.2, 0.25) is 0 Å². The number of aryl methyl sites for hydroxylation is 2. The van der Waals surface area contributed by atoms with Crippen molar-refractivity contribution in [2.45, 2.75) is 13.8 Å². The molecule has 2 heterocycles. The fraction of sp³-hybridized carbons (Fsp3) is 0.133. The first-order valence-corrected chi connectivity index (χ1v) is 6.33. The smallest absolute Gasteiger partial charge is 0.276 e. The number of carbonyl (C=O) groups is 1. The Morgan fingerprint density at radius 2 is 1.95 bits per heavy atom. The van der Waals surface area contributed by atoms with Crippen molar-refractivity contribution in [1.29, 1.82) is 0 Å². The Hall–Kier alpha value is -2.69. The fourth-order valence-electron chi connectivity index (χ4n) is 2.13. The summed E-state index contributed by atoms with van der Waals surface area (Å²) in [6.07, 6.45) is 3.43. The molecule has 0 spiro atoms. The van der Waals surface area contributed by atoms with E-state index in [0.717, 1.165) is 16.8 Å². The predicted octanol–water partition coefficient (Wildman–Crippen LogP) is 2.60. The number of hydrogen-bond donors (Lipinski definition) is 1. The van der Waals surface area contributed by atoms with Crippen molar-refractivity contribution in [3.05, 3.63) is 59.5 Å². The van der Waals surface area contributed by atoms with Gasteiger partial charge in [0, 0.05) is 24.1 Å². The molecule has 0 aliphatic heterocycles. The molecule has 5 nitrogen and oxygen atoms in total. The first-order valence-electron chi connectivity index (χ1n) is 6.33. The standard InChI is InChI=1S/C15H14N4O/c1-10-5-3-6-11(2)14(10)17-15(20)12-9-13-16-7-4-8-19(13)18-12/h3-9H,1-2H3,(H,17,20). The van der Waals surface area contributed by atoms with Gasteiger partial charge in [0.25, 0.3) is 5.91 Å². The fourth-order valence-corrected chi connectivity index (χ4v) is 2.13. The number of para-hydroxylation sites is 1. The second-order valence-electron chi connectivity index (χ2n) is 4.67. The van der Waals surface area contributed by atoms with Gasteiger partial charge >= 0.3 is 0 Å². The van der Waals surface area contributed by atoms with Crippen molar-refractivity contribution in [1.82, 2.24) is 14.6 Å². The van der Waals surface area contributed by atoms with Gasteiger partial charge in [0.1, 0.15) is 0 Å². The molecule has 0 radical (unpaired) electrons. The number of fused-ring (bicyclic) bond motifs is 1. The maximum atomic E-state index is 12.3. The van der Waals surface area contributed by atoms with Crippen molar-refractivity contribution in [2.75, 3.05) is 5.32 Å². The van der Waals surface area contributed by atoms with Crippen LogP contribution in [-0.4, -0.2) is 20.5 Å². The van der Waals surface area contributed by atoms with Crippen LogP contribution in [0.25, 0.3) is 5.65 Å². The highest BCUT2D eigenvalue weighted by Crippen LogP contribution is 2.20. The average molecular weight is 266 g/mol. The lowest BCUT2D eigenvalue weighted by Crippen LogP contribution is -2.14. The predicted molar refractivity (Wildman–Crippen MR) is 76.9 cm³/mol. The summed E-state index contributed by atoms with van der Waals surface area (Å²) in [7, 11) is 0. The van der Waals surface area contributed by atoms with E-state index in [1.807, 2.05) is 32.0 Å². The van der Waals surface area contributed by atoms with E-state index in [-0.39, 0.29) is 5.91 Å². The van der Waals surface area contributed by atoms with Crippen molar-refractivity contribution >= 4 is 17.2 Å². The summed E-state index contributed by atoms with van der Waals surface area (Å²) in [5, 5.41) is 7.12. The monoisotopic (exact) mass is 266 g/mol. The maximum Gasteiger partial charge on any atom is 0.276 e. The summed E-state index contributed by atoms with van der Waals surface area (Å²) in [5.41, 5.74) is 3.90. The van der Waals surface area contributed by atoms with Gasteiger partial charge in [0.05, 0.1) is 0 Å². The summed E-state index contributed by atoms with van der Waals surface area (Å²) in [6.45, 7) is 3.93. The number of anilines is 1. The van der Waals surface area contributed by atoms with E-state index < -0.39 is 0 Å². The highest BCUT2D eigenvalue weighted by molar-refractivity contribution is 6.04. The third-order valence-electron chi connectivity index (χ3n) is 3.19. The Bertz CT molecular complexity index is 738. The van der Waals surface area contributed by atoms with Gasteiger partial charge in [0.2, 0.25) is 0 Å². The SMILES string of the molecule is Cc1cccc(C)c1NC(=O)c1cc2ncccn2n1. The van der Waals surface area contributed by atoms with Crippen molar-refractivity contribution < 1.29 is 4.79 Å². The van der Waals surface area contributed by atoms with Gasteiger partial charge in [-0.3, -0.25) is 4.79 Å². The quantitative estimate of drug-likeness (QED) is 0.775. The Labute approximate surface area is 116 Å². The lowest BCUT2D eigenvalue weighted by molar-refractivity contribution is 0.102. The van der Waals surface area contributed by atoms with E-state index in [0.29, 0.717) is 11.3 Å². The molecule has 0 aliphatic carbocycles. The molecule has 0 aliphatic rings. The van der Waals surface area contributed by atoms with Crippen LogP contribution in [0.15, 0.2) is 42.7 Å². The maximum absolute atomic E-state index is 12.3. The van der Waals surface area contributed by atoms with Crippen molar-refractivity contribution in [2.24, 2.45) is 0 Å². The Morgan fingerprint density at radius 3 is 2.65 bits per heavy atom. The van der Waals surface area contributed by atoms with Gasteiger partial charge < -0.3 is 5.32 Å². The lowest BCUT2D eigenvalue weighted by Gasteiger charge is -2.09. The van der Waals surface area contributed by atoms with Gasteiger partial charge in [-0.15, -0.1) is 0 Å². The molecule has 3 rings (SSSR count). The number of aromatic nitrogens is 3. The minimum absolute atomic E-state index is 0.229. The highest BCUT2D eigenvalue weighted by Gasteiger charge is 2.13. The van der Waals surface area contributed by atoms with E-state index in [1.165, 1.54) is 0 Å². The minimum atomic E-state index is -0.229. The number of hydrogen-bond acceptors (Lipinski definition) is 3. The number of nitrogens with one attached hydrogen (secondary N) is 1. The molecule has 0 saturated heterocycles. The highest BCUT2D eigenvalue weighted by atomic mass is 16.1. The van der Waals surface area contributed by atoms with Crippen LogP contribution in [0.3, 0.4) is 0 Å². The molecule has 2 aromatic heterocycles. The second kappa shape index (κ2) is 4.77. The Morgan fingerprint density at radius 1 is 1.20 bits per heavy atom. The lowest BCUT2D eigenvalue weighted by atomic mass is 10.1. The van der Waals surface area contributed by atoms with E-state index in [2.05, 4.69) is 15.4 Å². The first-order chi connectivity index (χ1) is 9.65. The molecule has 0 bridgehead atoms. The molecule has 1 N–H and O–H groups in total. The molecule has 0 atom stereocenters. The molecule has 100 valence electrons. The first kappa shape index (κ1) is 12.3. The summed E-state index contributed by atoms with van der Waals surface area (Å²) >= 11 is 0. The summed E-state index contributed by atoms with van der Waals surface area (Å²) in [5.74, 6) is -0.229. The molecule has 1 aromatic carbocycles. The van der Waals surface area contributed by atoms with Gasteiger partial charge in [-0.25, -0.2) is 9.50 Å². The van der Waals surface area contributed by atoms with Gasteiger partial charge in [-0.1, -0.05) is 18.2 Å². The third-order valence-corrected chi connectivity index (χ3v) is 3.19. The second-order valence-corrected chi connectivity index (χ2v) is 4.67. The molecule has 5 heteroatoms. The van der Waals surface area contributed by atoms with Crippen LogP contribution < -0.4 is 5.32 Å². The topological polar surface area (TPSA) is 59.3 Å². The van der Waals surface area contributed by atoms with Crippen molar-refractivity contribution in [3.63, 3.8) is 0 Å². The van der Waals surface area contributed by atoms with E-state index in [1.54, 1.807) is 29.0 Å². The van der Waals surface area contributed by atoms with Crippen LogP contribution in [0, 0.1) is 13.8 Å². The molecule has 0 fully saturated rings. The largest absolute Gasteiger partial charge is 0.320 e. The third kappa shape index (κ3) is 2.14. The van der Waals surface area contributed by atoms with E-state index in [4.69, 9.17) is 0 Å². The van der Waals surface area contributed by atoms with Gasteiger partial charge in [-0.05, 0) is 31.0 Å². The molecule has 1 amide bonds. The van der Waals surface area contributed by atoms with Crippen LogP contribution >= 0.6 is 0 Å². The van der Waals surface area contributed by atoms with E-state index in [9.17, 15) is 4.79 Å². The zero-order valence-corrected chi connectivity index (χ0v) is 11.3. The summed E-state index contributed by atoms with van der Waals surface area (Å²) in [6, 6.07) is 9.34.